The van der Waals surface area contributed by atoms with Gasteiger partial charge >= 0.3 is 0 Å². The van der Waals surface area contributed by atoms with Crippen LogP contribution in [0.3, 0.4) is 0 Å². The SMILES string of the molecule is CCS(=O)(=O)[C@H]1[C@@H](c2ccc(C)cc2)[C@@]1(N)CN. The van der Waals surface area contributed by atoms with E-state index in [0.29, 0.717) is 0 Å². The van der Waals surface area contributed by atoms with Crippen LogP contribution < -0.4 is 11.5 Å². The highest BCUT2D eigenvalue weighted by molar-refractivity contribution is 7.92. The third-order valence-electron chi connectivity index (χ3n) is 3.88. The predicted molar refractivity (Wildman–Crippen MR) is 73.1 cm³/mol. The van der Waals surface area contributed by atoms with Gasteiger partial charge in [-0.3, -0.25) is 0 Å². The van der Waals surface area contributed by atoms with Crippen LogP contribution in [0, 0.1) is 6.92 Å². The molecule has 4 nitrogen and oxygen atoms in total. The minimum absolute atomic E-state index is 0.110. The van der Waals surface area contributed by atoms with Gasteiger partial charge in [0.25, 0.3) is 0 Å². The monoisotopic (exact) mass is 268 g/mol. The molecule has 0 aromatic heterocycles. The molecule has 5 heteroatoms. The van der Waals surface area contributed by atoms with Crippen LogP contribution in [0.25, 0.3) is 0 Å². The molecule has 0 saturated heterocycles. The average Bonchev–Trinajstić information content (AvgIpc) is 2.98. The highest BCUT2D eigenvalue weighted by atomic mass is 32.2. The summed E-state index contributed by atoms with van der Waals surface area (Å²) in [6, 6.07) is 7.84. The summed E-state index contributed by atoms with van der Waals surface area (Å²) >= 11 is 0. The number of hydrogen-bond acceptors (Lipinski definition) is 4. The number of nitrogens with two attached hydrogens (primary N) is 2. The molecule has 1 saturated carbocycles. The molecule has 1 aromatic rings. The Balaban J connectivity index is 2.37. The van der Waals surface area contributed by atoms with E-state index in [1.54, 1.807) is 6.92 Å². The molecule has 0 bridgehead atoms. The minimum Gasteiger partial charge on any atom is -0.329 e. The Labute approximate surface area is 108 Å². The van der Waals surface area contributed by atoms with Gasteiger partial charge in [0.1, 0.15) is 0 Å². The van der Waals surface area contributed by atoms with Gasteiger partial charge in [-0.15, -0.1) is 0 Å². The third-order valence-corrected chi connectivity index (χ3v) is 6.17. The summed E-state index contributed by atoms with van der Waals surface area (Å²) in [5.74, 6) is -0.0630. The summed E-state index contributed by atoms with van der Waals surface area (Å²) in [6.45, 7) is 3.84. The molecule has 0 aliphatic heterocycles. The molecular weight excluding hydrogens is 248 g/mol. The Morgan fingerprint density at radius 2 is 1.83 bits per heavy atom. The normalized spacial score (nSPS) is 31.3. The Morgan fingerprint density at radius 1 is 1.28 bits per heavy atom. The van der Waals surface area contributed by atoms with Crippen LogP contribution in [0.2, 0.25) is 0 Å². The van der Waals surface area contributed by atoms with Crippen LogP contribution in [0.5, 0.6) is 0 Å². The van der Waals surface area contributed by atoms with E-state index < -0.39 is 20.6 Å². The van der Waals surface area contributed by atoms with E-state index in [-0.39, 0.29) is 18.2 Å². The van der Waals surface area contributed by atoms with Crippen LogP contribution in [0.4, 0.5) is 0 Å². The van der Waals surface area contributed by atoms with Crippen LogP contribution in [-0.2, 0) is 9.84 Å². The molecule has 0 heterocycles. The second-order valence-electron chi connectivity index (χ2n) is 5.08. The lowest BCUT2D eigenvalue weighted by molar-refractivity contribution is 0.587. The van der Waals surface area contributed by atoms with Crippen molar-refractivity contribution >= 4 is 9.84 Å². The van der Waals surface area contributed by atoms with Crippen LogP contribution in [0.1, 0.15) is 24.0 Å². The van der Waals surface area contributed by atoms with Gasteiger partial charge in [-0.05, 0) is 12.5 Å². The molecule has 18 heavy (non-hydrogen) atoms. The van der Waals surface area contributed by atoms with Crippen molar-refractivity contribution in [2.24, 2.45) is 11.5 Å². The second-order valence-corrected chi connectivity index (χ2v) is 7.49. The highest BCUT2D eigenvalue weighted by Gasteiger charge is 2.67. The number of rotatable bonds is 4. The van der Waals surface area contributed by atoms with Crippen molar-refractivity contribution in [1.82, 2.24) is 0 Å². The quantitative estimate of drug-likeness (QED) is 0.835. The van der Waals surface area contributed by atoms with E-state index in [9.17, 15) is 8.42 Å². The number of benzene rings is 1. The molecule has 2 rings (SSSR count). The maximum atomic E-state index is 12.1. The fourth-order valence-corrected chi connectivity index (χ4v) is 4.66. The first-order chi connectivity index (χ1) is 8.36. The van der Waals surface area contributed by atoms with E-state index in [2.05, 4.69) is 0 Å². The van der Waals surface area contributed by atoms with Gasteiger partial charge in [-0.25, -0.2) is 8.42 Å². The van der Waals surface area contributed by atoms with E-state index in [1.807, 2.05) is 31.2 Å². The lowest BCUT2D eigenvalue weighted by Gasteiger charge is -2.08. The Bertz CT molecular complexity index is 539. The summed E-state index contributed by atoms with van der Waals surface area (Å²) < 4.78 is 24.1. The summed E-state index contributed by atoms with van der Waals surface area (Å²) in [5, 5.41) is -0.539. The van der Waals surface area contributed by atoms with Gasteiger partial charge in [0, 0.05) is 18.2 Å². The maximum Gasteiger partial charge on any atom is 0.155 e. The summed E-state index contributed by atoms with van der Waals surface area (Å²) in [7, 11) is -3.16. The molecule has 1 fully saturated rings. The fourth-order valence-electron chi connectivity index (χ4n) is 2.65. The van der Waals surface area contributed by atoms with Crippen molar-refractivity contribution in [2.45, 2.75) is 30.6 Å². The van der Waals surface area contributed by atoms with Crippen molar-refractivity contribution < 1.29 is 8.42 Å². The molecule has 0 unspecified atom stereocenters. The topological polar surface area (TPSA) is 86.2 Å². The Morgan fingerprint density at radius 3 is 2.28 bits per heavy atom. The van der Waals surface area contributed by atoms with Crippen molar-refractivity contribution in [1.29, 1.82) is 0 Å². The fraction of sp³-hybridized carbons (Fsp3) is 0.538. The predicted octanol–water partition coefficient (Wildman–Crippen LogP) is 0.552. The van der Waals surface area contributed by atoms with E-state index >= 15 is 0 Å². The third kappa shape index (κ3) is 1.96. The van der Waals surface area contributed by atoms with Crippen LogP contribution in [-0.4, -0.2) is 31.5 Å². The number of hydrogen-bond donors (Lipinski definition) is 2. The summed E-state index contributed by atoms with van der Waals surface area (Å²) in [4.78, 5) is 0. The number of aryl methyl sites for hydroxylation is 1. The summed E-state index contributed by atoms with van der Waals surface area (Å²) in [5.41, 5.74) is 13.1. The first-order valence-electron chi connectivity index (χ1n) is 6.14. The smallest absolute Gasteiger partial charge is 0.155 e. The van der Waals surface area contributed by atoms with Crippen LogP contribution in [0.15, 0.2) is 24.3 Å². The zero-order valence-electron chi connectivity index (χ0n) is 10.8. The van der Waals surface area contributed by atoms with Gasteiger partial charge in [-0.2, -0.15) is 0 Å². The molecule has 100 valence electrons. The molecule has 1 aliphatic rings. The van der Waals surface area contributed by atoms with Gasteiger partial charge in [0.2, 0.25) is 0 Å². The van der Waals surface area contributed by atoms with Gasteiger partial charge in [-0.1, -0.05) is 36.8 Å². The average molecular weight is 268 g/mol. The molecule has 1 aromatic carbocycles. The first kappa shape index (κ1) is 13.5. The molecule has 0 amide bonds. The first-order valence-corrected chi connectivity index (χ1v) is 7.85. The van der Waals surface area contributed by atoms with Crippen molar-refractivity contribution in [2.75, 3.05) is 12.3 Å². The van der Waals surface area contributed by atoms with Crippen molar-refractivity contribution in [3.8, 4) is 0 Å². The minimum atomic E-state index is -3.16. The molecule has 0 spiro atoms. The largest absolute Gasteiger partial charge is 0.329 e. The lowest BCUT2D eigenvalue weighted by atomic mass is 10.1. The zero-order chi connectivity index (χ0) is 13.6. The molecule has 4 N–H and O–H groups in total. The second kappa shape index (κ2) is 4.33. The van der Waals surface area contributed by atoms with Crippen molar-refractivity contribution in [3.05, 3.63) is 35.4 Å². The molecular formula is C13H20N2O2S. The van der Waals surface area contributed by atoms with E-state index in [1.165, 1.54) is 0 Å². The zero-order valence-corrected chi connectivity index (χ0v) is 11.6. The molecule has 3 atom stereocenters. The van der Waals surface area contributed by atoms with Gasteiger partial charge < -0.3 is 11.5 Å². The molecule has 0 radical (unpaired) electrons. The van der Waals surface area contributed by atoms with E-state index in [4.69, 9.17) is 11.5 Å². The standard InChI is InChI=1S/C13H20N2O2S/c1-3-18(16,17)12-11(13(12,15)8-14)10-6-4-9(2)5-7-10/h4-7,11-12H,3,8,14-15H2,1-2H3/t11-,12+,13+/m1/s1. The Hall–Kier alpha value is -0.910. The lowest BCUT2D eigenvalue weighted by Crippen LogP contribution is -2.39. The van der Waals surface area contributed by atoms with E-state index in [0.717, 1.165) is 11.1 Å². The highest BCUT2D eigenvalue weighted by Crippen LogP contribution is 2.53. The number of sulfone groups is 1. The summed E-state index contributed by atoms with van der Waals surface area (Å²) in [6.07, 6.45) is 0. The molecule has 1 aliphatic carbocycles. The van der Waals surface area contributed by atoms with Gasteiger partial charge in [0.05, 0.1) is 10.8 Å². The van der Waals surface area contributed by atoms with Gasteiger partial charge in [0.15, 0.2) is 9.84 Å². The van der Waals surface area contributed by atoms with Crippen molar-refractivity contribution in [3.63, 3.8) is 0 Å². The Kier molecular flexibility index (Phi) is 3.25. The van der Waals surface area contributed by atoms with Crippen LogP contribution >= 0.6 is 0 Å². The maximum absolute atomic E-state index is 12.1.